The molecule has 0 saturated heterocycles. The van der Waals surface area contributed by atoms with Crippen molar-refractivity contribution in [2.24, 2.45) is 0 Å². The molecule has 0 aliphatic carbocycles. The summed E-state index contributed by atoms with van der Waals surface area (Å²) in [5, 5.41) is 5.66. The second kappa shape index (κ2) is 11.4. The first-order valence-electron chi connectivity index (χ1n) is 12.4. The highest BCUT2D eigenvalue weighted by Crippen LogP contribution is 2.37. The number of thiophene rings is 1. The summed E-state index contributed by atoms with van der Waals surface area (Å²) in [7, 11) is 1.28. The maximum Gasteiger partial charge on any atom is 0.341 e. The lowest BCUT2D eigenvalue weighted by molar-refractivity contribution is 0.0603. The molecule has 0 bridgehead atoms. The molecule has 6 nitrogen and oxygen atoms in total. The van der Waals surface area contributed by atoms with E-state index in [1.54, 1.807) is 23.6 Å². The topological polar surface area (TPSA) is 77.5 Å². The number of nitrogens with one attached hydrogen (secondary N) is 1. The van der Waals surface area contributed by atoms with Crippen molar-refractivity contribution in [2.75, 3.05) is 19.0 Å². The molecule has 196 valence electrons. The Kier molecular flexibility index (Phi) is 7.65. The molecule has 0 fully saturated rings. The van der Waals surface area contributed by atoms with Crippen LogP contribution < -0.4 is 10.1 Å². The van der Waals surface area contributed by atoms with E-state index in [9.17, 15) is 14.0 Å². The van der Waals surface area contributed by atoms with E-state index in [-0.39, 0.29) is 11.4 Å². The fraction of sp³-hybridized carbons (Fsp3) is 0.129. The number of methoxy groups -OCH3 is 1. The SMILES string of the molecule is CCCOc1ccc(-c2cc(C(=O)Nc3scc(-c4ccc(F)cc4)c3C(=O)OC)c3ccccc3n2)cc1. The van der Waals surface area contributed by atoms with Gasteiger partial charge in [-0.05, 0) is 60.5 Å². The summed E-state index contributed by atoms with van der Waals surface area (Å²) in [5.74, 6) is -0.609. The molecule has 8 heteroatoms. The van der Waals surface area contributed by atoms with Crippen LogP contribution in [0.25, 0.3) is 33.3 Å². The molecular weight excluding hydrogens is 515 g/mol. The van der Waals surface area contributed by atoms with Gasteiger partial charge in [0.2, 0.25) is 0 Å². The first-order chi connectivity index (χ1) is 19.0. The van der Waals surface area contributed by atoms with E-state index < -0.39 is 11.9 Å². The standard InChI is InChI=1S/C31H25FN2O4S/c1-3-16-38-22-14-10-20(11-15-22)27-17-24(23-6-4-5-7-26(23)33-27)29(35)34-30-28(31(36)37-2)25(18-39-30)19-8-12-21(32)13-9-19/h4-15,17-18H,3,16H2,1-2H3,(H,34,35). The summed E-state index contributed by atoms with van der Waals surface area (Å²) in [6.45, 7) is 2.69. The van der Waals surface area contributed by atoms with Crippen LogP contribution in [0.5, 0.6) is 5.75 Å². The number of nitrogens with zero attached hydrogens (tertiary/aromatic N) is 1. The summed E-state index contributed by atoms with van der Waals surface area (Å²) < 4.78 is 24.2. The number of hydrogen-bond donors (Lipinski definition) is 1. The minimum Gasteiger partial charge on any atom is -0.494 e. The fourth-order valence-electron chi connectivity index (χ4n) is 4.22. The van der Waals surface area contributed by atoms with Crippen LogP contribution in [0.1, 0.15) is 34.1 Å². The van der Waals surface area contributed by atoms with Crippen LogP contribution in [-0.2, 0) is 4.74 Å². The maximum atomic E-state index is 13.7. The number of para-hydroxylation sites is 1. The van der Waals surface area contributed by atoms with Gasteiger partial charge in [-0.2, -0.15) is 0 Å². The zero-order valence-corrected chi connectivity index (χ0v) is 22.2. The van der Waals surface area contributed by atoms with Crippen LogP contribution >= 0.6 is 11.3 Å². The number of aromatic nitrogens is 1. The fourth-order valence-corrected chi connectivity index (χ4v) is 5.17. The number of carbonyl (C=O) groups excluding carboxylic acids is 2. The maximum absolute atomic E-state index is 13.7. The monoisotopic (exact) mass is 540 g/mol. The normalized spacial score (nSPS) is 10.8. The van der Waals surface area contributed by atoms with Crippen molar-refractivity contribution < 1.29 is 23.5 Å². The largest absolute Gasteiger partial charge is 0.494 e. The molecule has 0 spiro atoms. The molecule has 0 saturated carbocycles. The van der Waals surface area contributed by atoms with Crippen molar-refractivity contribution >= 4 is 39.1 Å². The first kappa shape index (κ1) is 26.1. The van der Waals surface area contributed by atoms with E-state index in [0.29, 0.717) is 44.9 Å². The van der Waals surface area contributed by atoms with Gasteiger partial charge < -0.3 is 14.8 Å². The Morgan fingerprint density at radius 1 is 0.974 bits per heavy atom. The second-order valence-electron chi connectivity index (χ2n) is 8.75. The molecule has 0 radical (unpaired) electrons. The number of ether oxygens (including phenoxy) is 2. The Balaban J connectivity index is 1.52. The zero-order chi connectivity index (χ0) is 27.4. The number of rotatable bonds is 8. The van der Waals surface area contributed by atoms with Crippen molar-refractivity contribution in [1.82, 2.24) is 4.98 Å². The van der Waals surface area contributed by atoms with Crippen LogP contribution in [0.3, 0.4) is 0 Å². The minimum atomic E-state index is -0.600. The van der Waals surface area contributed by atoms with Gasteiger partial charge in [-0.15, -0.1) is 11.3 Å². The van der Waals surface area contributed by atoms with E-state index in [2.05, 4.69) is 5.32 Å². The van der Waals surface area contributed by atoms with Crippen LogP contribution in [-0.4, -0.2) is 30.6 Å². The van der Waals surface area contributed by atoms with Gasteiger partial charge in [-0.3, -0.25) is 4.79 Å². The molecule has 5 rings (SSSR count). The van der Waals surface area contributed by atoms with E-state index in [1.165, 1.54) is 30.6 Å². The van der Waals surface area contributed by atoms with Crippen molar-refractivity contribution in [3.8, 4) is 28.1 Å². The second-order valence-corrected chi connectivity index (χ2v) is 9.63. The molecule has 2 heterocycles. The van der Waals surface area contributed by atoms with Gasteiger partial charge >= 0.3 is 5.97 Å². The summed E-state index contributed by atoms with van der Waals surface area (Å²) in [5.41, 5.74) is 3.94. The molecule has 0 aliphatic heterocycles. The van der Waals surface area contributed by atoms with Crippen LogP contribution in [0.15, 0.2) is 84.2 Å². The molecule has 0 atom stereocenters. The summed E-state index contributed by atoms with van der Waals surface area (Å²) >= 11 is 1.20. The van der Waals surface area contributed by atoms with Gasteiger partial charge in [0.1, 0.15) is 22.1 Å². The smallest absolute Gasteiger partial charge is 0.341 e. The number of carbonyl (C=O) groups is 2. The third-order valence-electron chi connectivity index (χ3n) is 6.15. The Morgan fingerprint density at radius 3 is 2.41 bits per heavy atom. The molecule has 39 heavy (non-hydrogen) atoms. The Labute approximate surface area is 229 Å². The lowest BCUT2D eigenvalue weighted by atomic mass is 10.0. The summed E-state index contributed by atoms with van der Waals surface area (Å²) in [6, 6.07) is 22.5. The molecule has 1 N–H and O–H groups in total. The van der Waals surface area contributed by atoms with Gasteiger partial charge in [-0.25, -0.2) is 14.2 Å². The third-order valence-corrected chi connectivity index (χ3v) is 7.04. The number of fused-ring (bicyclic) bond motifs is 1. The summed E-state index contributed by atoms with van der Waals surface area (Å²) in [6.07, 6.45) is 0.916. The van der Waals surface area contributed by atoms with Gasteiger partial charge in [0.05, 0.1) is 30.5 Å². The highest BCUT2D eigenvalue weighted by atomic mass is 32.1. The first-order valence-corrected chi connectivity index (χ1v) is 13.3. The van der Waals surface area contributed by atoms with Crippen LogP contribution in [0.4, 0.5) is 9.39 Å². The summed E-state index contributed by atoms with van der Waals surface area (Å²) in [4.78, 5) is 31.2. The molecule has 0 unspecified atom stereocenters. The molecule has 1 amide bonds. The quantitative estimate of drug-likeness (QED) is 0.205. The van der Waals surface area contributed by atoms with E-state index in [4.69, 9.17) is 14.5 Å². The van der Waals surface area contributed by atoms with E-state index in [0.717, 1.165) is 17.7 Å². The lowest BCUT2D eigenvalue weighted by Gasteiger charge is -2.12. The van der Waals surface area contributed by atoms with Crippen molar-refractivity contribution in [3.05, 3.63) is 101 Å². The van der Waals surface area contributed by atoms with E-state index in [1.807, 2.05) is 55.5 Å². The molecule has 2 aromatic heterocycles. The van der Waals surface area contributed by atoms with Crippen LogP contribution in [0, 0.1) is 5.82 Å². The number of amides is 1. The van der Waals surface area contributed by atoms with Crippen molar-refractivity contribution in [3.63, 3.8) is 0 Å². The molecule has 0 aliphatic rings. The zero-order valence-electron chi connectivity index (χ0n) is 21.4. The van der Waals surface area contributed by atoms with Crippen molar-refractivity contribution in [1.29, 1.82) is 0 Å². The highest BCUT2D eigenvalue weighted by molar-refractivity contribution is 7.15. The van der Waals surface area contributed by atoms with Gasteiger partial charge in [0, 0.05) is 21.9 Å². The number of anilines is 1. The van der Waals surface area contributed by atoms with E-state index >= 15 is 0 Å². The number of esters is 1. The molecular formula is C31H25FN2O4S. The van der Waals surface area contributed by atoms with Gasteiger partial charge in [-0.1, -0.05) is 37.3 Å². The Morgan fingerprint density at radius 2 is 1.69 bits per heavy atom. The Bertz CT molecular complexity index is 1650. The van der Waals surface area contributed by atoms with Gasteiger partial charge in [0.25, 0.3) is 5.91 Å². The predicted octanol–water partition coefficient (Wildman–Crippen LogP) is 7.60. The van der Waals surface area contributed by atoms with Crippen LogP contribution in [0.2, 0.25) is 0 Å². The predicted molar refractivity (Wildman–Crippen MR) is 152 cm³/mol. The number of pyridine rings is 1. The molecule has 3 aromatic carbocycles. The number of benzene rings is 3. The molecule has 5 aromatic rings. The minimum absolute atomic E-state index is 0.212. The Hall–Kier alpha value is -4.56. The lowest BCUT2D eigenvalue weighted by Crippen LogP contribution is -2.15. The average Bonchev–Trinajstić information content (AvgIpc) is 3.39. The highest BCUT2D eigenvalue weighted by Gasteiger charge is 2.24. The third kappa shape index (κ3) is 5.51. The number of halogens is 1. The van der Waals surface area contributed by atoms with Crippen molar-refractivity contribution in [2.45, 2.75) is 13.3 Å². The number of hydrogen-bond acceptors (Lipinski definition) is 6. The van der Waals surface area contributed by atoms with Gasteiger partial charge in [0.15, 0.2) is 0 Å². The average molecular weight is 541 g/mol.